The third kappa shape index (κ3) is 2.68. The average molecular weight is 413 g/mol. The van der Waals surface area contributed by atoms with Gasteiger partial charge in [0.15, 0.2) is 6.10 Å². The maximum absolute atomic E-state index is 13.2. The SMILES string of the molecule is CC/C=C/C1OC1C1=C(C)C(=O)C2(O1)C(=O)NC(OC)(C(=O)c1ccccc1)C2O. The summed E-state index contributed by atoms with van der Waals surface area (Å²) in [6.45, 7) is 3.50. The summed E-state index contributed by atoms with van der Waals surface area (Å²) >= 11 is 0. The molecule has 3 heterocycles. The molecular formula is C22H23NO7. The minimum atomic E-state index is -2.30. The van der Waals surface area contributed by atoms with Crippen LogP contribution in [-0.4, -0.2) is 59.3 Å². The number of amides is 1. The van der Waals surface area contributed by atoms with Crippen LogP contribution < -0.4 is 5.32 Å². The van der Waals surface area contributed by atoms with Gasteiger partial charge in [0.1, 0.15) is 18.0 Å². The third-order valence-corrected chi connectivity index (χ3v) is 5.77. The molecule has 5 atom stereocenters. The lowest BCUT2D eigenvalue weighted by molar-refractivity contribution is -0.160. The highest BCUT2D eigenvalue weighted by atomic mass is 16.6. The number of epoxide rings is 1. The summed E-state index contributed by atoms with van der Waals surface area (Å²) in [5.41, 5.74) is -4.07. The van der Waals surface area contributed by atoms with Crippen LogP contribution in [-0.2, 0) is 23.8 Å². The topological polar surface area (TPSA) is 114 Å². The fraction of sp³-hybridized carbons (Fsp3) is 0.409. The van der Waals surface area contributed by atoms with Crippen LogP contribution in [0.25, 0.3) is 0 Å². The van der Waals surface area contributed by atoms with E-state index in [0.717, 1.165) is 6.42 Å². The largest absolute Gasteiger partial charge is 0.467 e. The number of hydrogen-bond donors (Lipinski definition) is 2. The van der Waals surface area contributed by atoms with E-state index in [9.17, 15) is 19.5 Å². The molecule has 3 aliphatic heterocycles. The van der Waals surface area contributed by atoms with Gasteiger partial charge in [-0.3, -0.25) is 14.4 Å². The van der Waals surface area contributed by atoms with Gasteiger partial charge in [0.05, 0.1) is 0 Å². The molecular weight excluding hydrogens is 390 g/mol. The van der Waals surface area contributed by atoms with Gasteiger partial charge in [-0.15, -0.1) is 0 Å². The van der Waals surface area contributed by atoms with Crippen molar-refractivity contribution in [2.75, 3.05) is 7.11 Å². The van der Waals surface area contributed by atoms with Gasteiger partial charge >= 0.3 is 0 Å². The number of Topliss-reactive ketones (excluding diaryl/α,β-unsaturated/α-hetero) is 2. The van der Waals surface area contributed by atoms with Crippen molar-refractivity contribution in [2.45, 2.75) is 49.9 Å². The van der Waals surface area contributed by atoms with Crippen molar-refractivity contribution in [1.82, 2.24) is 5.32 Å². The molecule has 2 fully saturated rings. The standard InChI is InChI=1S/C22H23NO7/c1-4-5-11-14-16(29-14)15-12(2)17(24)21(30-15)19(26)22(28-3,23-20(21)27)18(25)13-9-7-6-8-10-13/h5-11,14,16,19,26H,4H2,1-3H3,(H,23,27)/b11-5+. The molecule has 0 aliphatic carbocycles. The molecule has 158 valence electrons. The number of aliphatic hydroxyl groups is 1. The van der Waals surface area contributed by atoms with E-state index in [4.69, 9.17) is 14.2 Å². The number of ether oxygens (including phenoxy) is 3. The van der Waals surface area contributed by atoms with Gasteiger partial charge < -0.3 is 24.6 Å². The Morgan fingerprint density at radius 2 is 2.00 bits per heavy atom. The van der Waals surface area contributed by atoms with Crippen molar-refractivity contribution in [2.24, 2.45) is 0 Å². The van der Waals surface area contributed by atoms with Crippen LogP contribution in [0.1, 0.15) is 30.6 Å². The first kappa shape index (κ1) is 20.5. The first-order valence-corrected chi connectivity index (χ1v) is 9.75. The number of allylic oxidation sites excluding steroid dienone is 1. The predicted molar refractivity (Wildman–Crippen MR) is 104 cm³/mol. The molecule has 4 rings (SSSR count). The van der Waals surface area contributed by atoms with E-state index in [-0.39, 0.29) is 23.0 Å². The minimum absolute atomic E-state index is 0.181. The highest BCUT2D eigenvalue weighted by Gasteiger charge is 2.74. The minimum Gasteiger partial charge on any atom is -0.467 e. The predicted octanol–water partition coefficient (Wildman–Crippen LogP) is 1.05. The second kappa shape index (κ2) is 7.16. The lowest BCUT2D eigenvalue weighted by Crippen LogP contribution is -2.60. The van der Waals surface area contributed by atoms with E-state index in [1.54, 1.807) is 18.2 Å². The van der Waals surface area contributed by atoms with Crippen LogP contribution in [0, 0.1) is 0 Å². The van der Waals surface area contributed by atoms with Crippen LogP contribution >= 0.6 is 0 Å². The van der Waals surface area contributed by atoms with Crippen molar-refractivity contribution in [3.63, 3.8) is 0 Å². The van der Waals surface area contributed by atoms with Gasteiger partial charge in [-0.1, -0.05) is 49.4 Å². The molecule has 8 nitrogen and oxygen atoms in total. The molecule has 5 unspecified atom stereocenters. The van der Waals surface area contributed by atoms with Gasteiger partial charge in [0.2, 0.25) is 17.3 Å². The van der Waals surface area contributed by atoms with E-state index < -0.39 is 41.0 Å². The number of ketones is 2. The Kier molecular flexibility index (Phi) is 4.88. The lowest BCUT2D eigenvalue weighted by atomic mass is 9.85. The number of benzene rings is 1. The van der Waals surface area contributed by atoms with E-state index in [1.165, 1.54) is 26.2 Å². The summed E-state index contributed by atoms with van der Waals surface area (Å²) in [5, 5.41) is 13.5. The monoisotopic (exact) mass is 413 g/mol. The maximum Gasteiger partial charge on any atom is 0.278 e. The molecule has 30 heavy (non-hydrogen) atoms. The first-order valence-electron chi connectivity index (χ1n) is 9.75. The summed E-state index contributed by atoms with van der Waals surface area (Å²) in [4.78, 5) is 39.3. The molecule has 8 heteroatoms. The number of carbonyl (C=O) groups excluding carboxylic acids is 3. The Labute approximate surface area is 173 Å². The Hall–Kier alpha value is -2.81. The Morgan fingerprint density at radius 3 is 2.63 bits per heavy atom. The molecule has 1 aromatic carbocycles. The fourth-order valence-corrected chi connectivity index (χ4v) is 4.02. The number of hydrogen-bond acceptors (Lipinski definition) is 7. The fourth-order valence-electron chi connectivity index (χ4n) is 4.02. The van der Waals surface area contributed by atoms with Crippen LogP contribution in [0.5, 0.6) is 0 Å². The molecule has 1 aromatic rings. The van der Waals surface area contributed by atoms with Gasteiger partial charge in [-0.05, 0) is 13.3 Å². The second-order valence-corrected chi connectivity index (χ2v) is 7.51. The van der Waals surface area contributed by atoms with Gasteiger partial charge in [-0.25, -0.2) is 0 Å². The maximum atomic E-state index is 13.2. The van der Waals surface area contributed by atoms with E-state index in [0.29, 0.717) is 0 Å². The van der Waals surface area contributed by atoms with Crippen LogP contribution in [0.15, 0.2) is 53.8 Å². The molecule has 1 amide bonds. The molecule has 3 aliphatic rings. The molecule has 0 aromatic heterocycles. The van der Waals surface area contributed by atoms with Crippen molar-refractivity contribution >= 4 is 17.5 Å². The van der Waals surface area contributed by atoms with Gasteiger partial charge in [-0.2, -0.15) is 0 Å². The van der Waals surface area contributed by atoms with Crippen LogP contribution in [0.3, 0.4) is 0 Å². The lowest BCUT2D eigenvalue weighted by Gasteiger charge is -2.32. The summed E-state index contributed by atoms with van der Waals surface area (Å²) in [7, 11) is 1.18. The number of aliphatic hydroxyl groups excluding tert-OH is 1. The summed E-state index contributed by atoms with van der Waals surface area (Å²) in [5.74, 6) is -2.13. The third-order valence-electron chi connectivity index (χ3n) is 5.77. The first-order chi connectivity index (χ1) is 14.3. The van der Waals surface area contributed by atoms with E-state index in [2.05, 4.69) is 5.32 Å². The zero-order valence-corrected chi connectivity index (χ0v) is 16.9. The Morgan fingerprint density at radius 1 is 1.30 bits per heavy atom. The average Bonchev–Trinajstić information content (AvgIpc) is 3.44. The van der Waals surface area contributed by atoms with Crippen molar-refractivity contribution in [1.29, 1.82) is 0 Å². The van der Waals surface area contributed by atoms with Crippen molar-refractivity contribution < 1.29 is 33.7 Å². The molecule has 2 N–H and O–H groups in total. The quantitative estimate of drug-likeness (QED) is 0.310. The number of carbonyl (C=O) groups is 3. The smallest absolute Gasteiger partial charge is 0.278 e. The molecule has 2 saturated heterocycles. The van der Waals surface area contributed by atoms with Crippen molar-refractivity contribution in [3.05, 3.63) is 59.4 Å². The van der Waals surface area contributed by atoms with Crippen LogP contribution in [0.4, 0.5) is 0 Å². The Bertz CT molecular complexity index is 969. The normalized spacial score (nSPS) is 35.3. The zero-order valence-electron chi connectivity index (χ0n) is 16.9. The number of nitrogens with one attached hydrogen (secondary N) is 1. The number of rotatable bonds is 6. The van der Waals surface area contributed by atoms with E-state index in [1.807, 2.05) is 19.1 Å². The zero-order chi connectivity index (χ0) is 21.7. The molecule has 1 spiro atoms. The Balaban J connectivity index is 1.67. The van der Waals surface area contributed by atoms with Crippen LogP contribution in [0.2, 0.25) is 0 Å². The number of methoxy groups -OCH3 is 1. The molecule has 0 radical (unpaired) electrons. The highest BCUT2D eigenvalue weighted by Crippen LogP contribution is 2.47. The summed E-state index contributed by atoms with van der Waals surface area (Å²) in [6, 6.07) is 8.07. The van der Waals surface area contributed by atoms with Crippen molar-refractivity contribution in [3.8, 4) is 0 Å². The second-order valence-electron chi connectivity index (χ2n) is 7.51. The van der Waals surface area contributed by atoms with Gasteiger partial charge in [0, 0.05) is 18.2 Å². The summed E-state index contributed by atoms with van der Waals surface area (Å²) < 4.78 is 16.7. The van der Waals surface area contributed by atoms with E-state index >= 15 is 0 Å². The summed E-state index contributed by atoms with van der Waals surface area (Å²) in [6.07, 6.45) is 1.92. The molecule has 0 saturated carbocycles. The van der Waals surface area contributed by atoms with Gasteiger partial charge in [0.25, 0.3) is 11.5 Å². The highest BCUT2D eigenvalue weighted by molar-refractivity contribution is 6.23. The molecule has 0 bridgehead atoms.